The molecular formula is C12H18ClFN2O. The molecule has 3 nitrogen and oxygen atoms in total. The van der Waals surface area contributed by atoms with Crippen LogP contribution < -0.4 is 5.73 Å². The van der Waals surface area contributed by atoms with Crippen molar-refractivity contribution in [1.82, 2.24) is 4.90 Å². The van der Waals surface area contributed by atoms with Gasteiger partial charge in [0, 0.05) is 36.8 Å². The predicted molar refractivity (Wildman–Crippen MR) is 67.7 cm³/mol. The van der Waals surface area contributed by atoms with E-state index in [1.54, 1.807) is 13.2 Å². The van der Waals surface area contributed by atoms with Crippen LogP contribution in [0, 0.1) is 5.82 Å². The maximum atomic E-state index is 13.7. The minimum Gasteiger partial charge on any atom is -0.383 e. The minimum atomic E-state index is -0.283. The number of rotatable bonds is 6. The van der Waals surface area contributed by atoms with Crippen molar-refractivity contribution < 1.29 is 9.13 Å². The van der Waals surface area contributed by atoms with Gasteiger partial charge in [-0.3, -0.25) is 4.90 Å². The molecule has 0 saturated heterocycles. The third-order valence-corrected chi connectivity index (χ3v) is 2.96. The SMILES string of the molecule is COCCN(C)C(CN)c1cc(Cl)ccc1F. The minimum absolute atomic E-state index is 0.191. The third-order valence-electron chi connectivity index (χ3n) is 2.72. The van der Waals surface area contributed by atoms with Crippen LogP contribution in [-0.2, 0) is 4.74 Å². The molecule has 0 bridgehead atoms. The van der Waals surface area contributed by atoms with Crippen LogP contribution in [0.5, 0.6) is 0 Å². The quantitative estimate of drug-likeness (QED) is 0.851. The number of ether oxygens (including phenoxy) is 1. The van der Waals surface area contributed by atoms with Crippen LogP contribution in [0.15, 0.2) is 18.2 Å². The molecule has 0 heterocycles. The molecule has 0 aliphatic rings. The normalized spacial score (nSPS) is 13.1. The highest BCUT2D eigenvalue weighted by Crippen LogP contribution is 2.24. The van der Waals surface area contributed by atoms with E-state index < -0.39 is 0 Å². The number of halogens is 2. The van der Waals surface area contributed by atoms with Crippen molar-refractivity contribution >= 4 is 11.6 Å². The topological polar surface area (TPSA) is 38.5 Å². The van der Waals surface area contributed by atoms with Gasteiger partial charge in [0.1, 0.15) is 5.82 Å². The maximum absolute atomic E-state index is 13.7. The van der Waals surface area contributed by atoms with Gasteiger partial charge in [0.2, 0.25) is 0 Å². The Balaban J connectivity index is 2.88. The highest BCUT2D eigenvalue weighted by atomic mass is 35.5. The average Bonchev–Trinajstić information content (AvgIpc) is 2.32. The first-order valence-corrected chi connectivity index (χ1v) is 5.82. The molecule has 96 valence electrons. The van der Waals surface area contributed by atoms with Gasteiger partial charge in [-0.15, -0.1) is 0 Å². The van der Waals surface area contributed by atoms with Crippen molar-refractivity contribution in [2.45, 2.75) is 6.04 Å². The lowest BCUT2D eigenvalue weighted by molar-refractivity contribution is 0.139. The van der Waals surface area contributed by atoms with E-state index in [9.17, 15) is 4.39 Å². The van der Waals surface area contributed by atoms with Crippen LogP contribution in [0.2, 0.25) is 5.02 Å². The fourth-order valence-corrected chi connectivity index (χ4v) is 1.89. The van der Waals surface area contributed by atoms with Gasteiger partial charge in [-0.1, -0.05) is 11.6 Å². The highest BCUT2D eigenvalue weighted by Gasteiger charge is 2.19. The number of hydrogen-bond acceptors (Lipinski definition) is 3. The monoisotopic (exact) mass is 260 g/mol. The second-order valence-corrected chi connectivity index (χ2v) is 4.33. The number of likely N-dealkylation sites (N-methyl/N-ethyl adjacent to an activating group) is 1. The molecule has 0 spiro atoms. The fourth-order valence-electron chi connectivity index (χ4n) is 1.71. The Morgan fingerprint density at radius 1 is 1.53 bits per heavy atom. The number of nitrogens with zero attached hydrogens (tertiary/aromatic N) is 1. The van der Waals surface area contributed by atoms with E-state index in [-0.39, 0.29) is 11.9 Å². The average molecular weight is 261 g/mol. The molecule has 1 aromatic carbocycles. The third kappa shape index (κ3) is 3.92. The summed E-state index contributed by atoms with van der Waals surface area (Å²) in [4.78, 5) is 1.96. The first-order valence-electron chi connectivity index (χ1n) is 5.44. The number of nitrogens with two attached hydrogens (primary N) is 1. The Labute approximate surface area is 106 Å². The standard InChI is InChI=1S/C12H18ClFN2O/c1-16(5-6-17-2)12(8-15)10-7-9(13)3-4-11(10)14/h3-4,7,12H,5-6,8,15H2,1-2H3. The van der Waals surface area contributed by atoms with Crippen molar-refractivity contribution in [3.63, 3.8) is 0 Å². The van der Waals surface area contributed by atoms with Crippen molar-refractivity contribution in [1.29, 1.82) is 0 Å². The van der Waals surface area contributed by atoms with Gasteiger partial charge in [-0.05, 0) is 25.2 Å². The van der Waals surface area contributed by atoms with Gasteiger partial charge >= 0.3 is 0 Å². The van der Waals surface area contributed by atoms with Crippen molar-refractivity contribution in [2.24, 2.45) is 5.73 Å². The molecule has 0 aliphatic carbocycles. The maximum Gasteiger partial charge on any atom is 0.128 e. The largest absolute Gasteiger partial charge is 0.383 e. The summed E-state index contributed by atoms with van der Waals surface area (Å²) in [5.41, 5.74) is 6.23. The van der Waals surface area contributed by atoms with Crippen LogP contribution in [0.4, 0.5) is 4.39 Å². The molecule has 1 unspecified atom stereocenters. The van der Waals surface area contributed by atoms with Crippen molar-refractivity contribution in [2.75, 3.05) is 33.9 Å². The van der Waals surface area contributed by atoms with Gasteiger partial charge in [0.15, 0.2) is 0 Å². The Morgan fingerprint density at radius 3 is 2.82 bits per heavy atom. The second-order valence-electron chi connectivity index (χ2n) is 3.89. The van der Waals surface area contributed by atoms with E-state index in [0.717, 1.165) is 0 Å². The summed E-state index contributed by atoms with van der Waals surface area (Å²) in [6, 6.07) is 4.33. The molecule has 1 rings (SSSR count). The van der Waals surface area contributed by atoms with Crippen LogP contribution in [0.1, 0.15) is 11.6 Å². The second kappa shape index (κ2) is 6.91. The summed E-state index contributed by atoms with van der Waals surface area (Å²) >= 11 is 5.88. The van der Waals surface area contributed by atoms with E-state index in [4.69, 9.17) is 22.1 Å². The number of hydrogen-bond donors (Lipinski definition) is 1. The first kappa shape index (κ1) is 14.4. The Kier molecular flexibility index (Phi) is 5.85. The molecule has 17 heavy (non-hydrogen) atoms. The zero-order valence-electron chi connectivity index (χ0n) is 10.1. The van der Waals surface area contributed by atoms with Crippen LogP contribution in [0.3, 0.4) is 0 Å². The van der Waals surface area contributed by atoms with Crippen LogP contribution in [0.25, 0.3) is 0 Å². The van der Waals surface area contributed by atoms with E-state index in [1.165, 1.54) is 12.1 Å². The Bertz CT molecular complexity index is 362. The molecule has 0 aromatic heterocycles. The fraction of sp³-hybridized carbons (Fsp3) is 0.500. The summed E-state index contributed by atoms with van der Waals surface area (Å²) in [5, 5.41) is 0.514. The smallest absolute Gasteiger partial charge is 0.128 e. The summed E-state index contributed by atoms with van der Waals surface area (Å²) in [5.74, 6) is -0.283. The Morgan fingerprint density at radius 2 is 2.24 bits per heavy atom. The van der Waals surface area contributed by atoms with Gasteiger partial charge in [-0.25, -0.2) is 4.39 Å². The lowest BCUT2D eigenvalue weighted by atomic mass is 10.1. The summed E-state index contributed by atoms with van der Waals surface area (Å²) in [7, 11) is 3.52. The van der Waals surface area contributed by atoms with E-state index in [0.29, 0.717) is 30.3 Å². The van der Waals surface area contributed by atoms with Gasteiger partial charge in [0.25, 0.3) is 0 Å². The van der Waals surface area contributed by atoms with E-state index in [2.05, 4.69) is 0 Å². The molecule has 2 N–H and O–H groups in total. The van der Waals surface area contributed by atoms with Crippen molar-refractivity contribution in [3.8, 4) is 0 Å². The molecule has 1 atom stereocenters. The lowest BCUT2D eigenvalue weighted by Crippen LogP contribution is -2.33. The van der Waals surface area contributed by atoms with Crippen LogP contribution >= 0.6 is 11.6 Å². The zero-order valence-corrected chi connectivity index (χ0v) is 10.9. The Hall–Kier alpha value is -0.680. The number of benzene rings is 1. The highest BCUT2D eigenvalue weighted by molar-refractivity contribution is 6.30. The molecule has 0 aliphatic heterocycles. The predicted octanol–water partition coefficient (Wildman–Crippen LogP) is 2.06. The van der Waals surface area contributed by atoms with E-state index in [1.807, 2.05) is 11.9 Å². The molecule has 0 saturated carbocycles. The molecule has 0 radical (unpaired) electrons. The molecule has 0 amide bonds. The van der Waals surface area contributed by atoms with Gasteiger partial charge < -0.3 is 10.5 Å². The summed E-state index contributed by atoms with van der Waals surface area (Å²) < 4.78 is 18.7. The van der Waals surface area contributed by atoms with Crippen molar-refractivity contribution in [3.05, 3.63) is 34.6 Å². The summed E-state index contributed by atoms with van der Waals surface area (Å²) in [6.45, 7) is 1.59. The molecule has 0 fully saturated rings. The van der Waals surface area contributed by atoms with Crippen LogP contribution in [-0.4, -0.2) is 38.8 Å². The molecule has 5 heteroatoms. The van der Waals surface area contributed by atoms with E-state index >= 15 is 0 Å². The molecule has 1 aromatic rings. The van der Waals surface area contributed by atoms with Gasteiger partial charge in [0.05, 0.1) is 6.61 Å². The number of methoxy groups -OCH3 is 1. The van der Waals surface area contributed by atoms with Gasteiger partial charge in [-0.2, -0.15) is 0 Å². The molecular weight excluding hydrogens is 243 g/mol. The lowest BCUT2D eigenvalue weighted by Gasteiger charge is -2.27. The zero-order chi connectivity index (χ0) is 12.8. The summed E-state index contributed by atoms with van der Waals surface area (Å²) in [6.07, 6.45) is 0. The first-order chi connectivity index (χ1) is 8.10.